The maximum Gasteiger partial charge on any atom is 0.261 e. The number of hydrogen-bond acceptors (Lipinski definition) is 4. The molecule has 8 heteroatoms. The van der Waals surface area contributed by atoms with E-state index >= 15 is 0 Å². The predicted molar refractivity (Wildman–Crippen MR) is 158 cm³/mol. The van der Waals surface area contributed by atoms with E-state index in [2.05, 4.69) is 21.2 Å². The first-order chi connectivity index (χ1) is 19.0. The van der Waals surface area contributed by atoms with Gasteiger partial charge in [0.2, 0.25) is 11.8 Å². The minimum Gasteiger partial charge on any atom is -0.350 e. The van der Waals surface area contributed by atoms with Crippen molar-refractivity contribution < 1.29 is 19.2 Å². The second kappa shape index (κ2) is 12.6. The van der Waals surface area contributed by atoms with Crippen molar-refractivity contribution in [1.29, 1.82) is 0 Å². The fourth-order valence-electron chi connectivity index (χ4n) is 4.77. The summed E-state index contributed by atoms with van der Waals surface area (Å²) in [4.78, 5) is 55.8. The van der Waals surface area contributed by atoms with Crippen molar-refractivity contribution in [3.63, 3.8) is 0 Å². The quantitative estimate of drug-likeness (QED) is 0.315. The Morgan fingerprint density at radius 1 is 0.850 bits per heavy atom. The van der Waals surface area contributed by atoms with Gasteiger partial charge in [0, 0.05) is 35.9 Å². The summed E-state index contributed by atoms with van der Waals surface area (Å²) >= 11 is 3.45. The molecule has 0 spiro atoms. The van der Waals surface area contributed by atoms with Crippen molar-refractivity contribution in [2.45, 2.75) is 58.2 Å². The summed E-state index contributed by atoms with van der Waals surface area (Å²) in [5.74, 6) is -1.13. The highest BCUT2D eigenvalue weighted by Gasteiger charge is 2.36. The molecule has 1 N–H and O–H groups in total. The van der Waals surface area contributed by atoms with Gasteiger partial charge in [-0.1, -0.05) is 70.5 Å². The summed E-state index contributed by atoms with van der Waals surface area (Å²) in [7, 11) is 0. The third kappa shape index (κ3) is 7.24. The monoisotopic (exact) mass is 603 g/mol. The lowest BCUT2D eigenvalue weighted by Crippen LogP contribution is -2.54. The standard InChI is InChI=1S/C32H34BrN3O4/c1-32(2,3)34-29(38)27(20-22-10-5-4-6-11-22)36(21-23-15-17-24(33)18-16-23)28(37)14-9-19-35-30(39)25-12-7-8-13-26(25)31(35)40/h4-8,10-13,15-18,27H,9,14,19-21H2,1-3H3,(H,34,38). The maximum absolute atomic E-state index is 13.8. The Kier molecular flexibility index (Phi) is 9.20. The molecule has 3 aromatic carbocycles. The average Bonchev–Trinajstić information content (AvgIpc) is 3.16. The van der Waals surface area contributed by atoms with Crippen LogP contribution in [-0.2, 0) is 22.6 Å². The number of nitrogens with zero attached hydrogens (tertiary/aromatic N) is 2. The van der Waals surface area contributed by atoms with E-state index in [0.717, 1.165) is 15.6 Å². The van der Waals surface area contributed by atoms with Crippen LogP contribution in [0.15, 0.2) is 83.3 Å². The van der Waals surface area contributed by atoms with Crippen LogP contribution in [0.2, 0.25) is 0 Å². The average molecular weight is 605 g/mol. The summed E-state index contributed by atoms with van der Waals surface area (Å²) in [6.07, 6.45) is 0.724. The molecule has 1 aliphatic heterocycles. The van der Waals surface area contributed by atoms with E-state index in [-0.39, 0.29) is 43.1 Å². The lowest BCUT2D eigenvalue weighted by Gasteiger charge is -2.34. The molecule has 0 fully saturated rings. The van der Waals surface area contributed by atoms with E-state index in [4.69, 9.17) is 0 Å². The van der Waals surface area contributed by atoms with Crippen molar-refractivity contribution in [3.8, 4) is 0 Å². The van der Waals surface area contributed by atoms with Crippen LogP contribution in [0, 0.1) is 0 Å². The molecule has 40 heavy (non-hydrogen) atoms. The van der Waals surface area contributed by atoms with Gasteiger partial charge >= 0.3 is 0 Å². The molecule has 3 aromatic rings. The molecule has 0 saturated carbocycles. The molecule has 208 valence electrons. The van der Waals surface area contributed by atoms with Gasteiger partial charge in [-0.25, -0.2) is 0 Å². The van der Waals surface area contributed by atoms with Crippen LogP contribution in [0.25, 0.3) is 0 Å². The van der Waals surface area contributed by atoms with Crippen molar-refractivity contribution in [3.05, 3.63) is 106 Å². The number of carbonyl (C=O) groups excluding carboxylic acids is 4. The molecule has 0 aromatic heterocycles. The lowest BCUT2D eigenvalue weighted by atomic mass is 10.00. The van der Waals surface area contributed by atoms with Gasteiger partial charge in [-0.3, -0.25) is 24.1 Å². The van der Waals surface area contributed by atoms with E-state index in [1.807, 2.05) is 75.4 Å². The van der Waals surface area contributed by atoms with Crippen LogP contribution in [0.1, 0.15) is 65.5 Å². The summed E-state index contributed by atoms with van der Waals surface area (Å²) in [6, 6.07) is 23.3. The lowest BCUT2D eigenvalue weighted by molar-refractivity contribution is -0.142. The largest absolute Gasteiger partial charge is 0.350 e. The second-order valence-corrected chi connectivity index (χ2v) is 11.9. The first-order valence-electron chi connectivity index (χ1n) is 13.4. The van der Waals surface area contributed by atoms with Crippen LogP contribution < -0.4 is 5.32 Å². The Balaban J connectivity index is 1.55. The van der Waals surface area contributed by atoms with Gasteiger partial charge in [-0.15, -0.1) is 0 Å². The number of amides is 4. The summed E-state index contributed by atoms with van der Waals surface area (Å²) in [5, 5.41) is 3.05. The molecular formula is C32H34BrN3O4. The second-order valence-electron chi connectivity index (χ2n) is 11.0. The Hall–Kier alpha value is -3.78. The minimum absolute atomic E-state index is 0.0814. The number of fused-ring (bicyclic) bond motifs is 1. The summed E-state index contributed by atoms with van der Waals surface area (Å²) < 4.78 is 0.918. The molecule has 4 amide bonds. The number of rotatable bonds is 10. The molecule has 1 unspecified atom stereocenters. The van der Waals surface area contributed by atoms with E-state index < -0.39 is 11.6 Å². The highest BCUT2D eigenvalue weighted by atomic mass is 79.9. The first-order valence-corrected chi connectivity index (χ1v) is 14.2. The molecule has 0 saturated heterocycles. The molecule has 0 aliphatic carbocycles. The zero-order valence-corrected chi connectivity index (χ0v) is 24.6. The van der Waals surface area contributed by atoms with E-state index in [1.165, 1.54) is 4.90 Å². The summed E-state index contributed by atoms with van der Waals surface area (Å²) in [6.45, 7) is 6.10. The van der Waals surface area contributed by atoms with E-state index in [1.54, 1.807) is 29.2 Å². The smallest absolute Gasteiger partial charge is 0.261 e. The van der Waals surface area contributed by atoms with Gasteiger partial charge < -0.3 is 10.2 Å². The Bertz CT molecular complexity index is 1350. The third-order valence-electron chi connectivity index (χ3n) is 6.69. The van der Waals surface area contributed by atoms with Crippen LogP contribution in [-0.4, -0.2) is 51.6 Å². The Morgan fingerprint density at radius 2 is 1.43 bits per heavy atom. The maximum atomic E-state index is 13.8. The normalized spacial score (nSPS) is 13.7. The molecule has 1 aliphatic rings. The number of hydrogen-bond donors (Lipinski definition) is 1. The highest BCUT2D eigenvalue weighted by molar-refractivity contribution is 9.10. The number of halogens is 1. The number of nitrogens with one attached hydrogen (secondary N) is 1. The zero-order valence-electron chi connectivity index (χ0n) is 23.0. The summed E-state index contributed by atoms with van der Waals surface area (Å²) in [5.41, 5.74) is 2.12. The van der Waals surface area contributed by atoms with Crippen LogP contribution in [0.3, 0.4) is 0 Å². The van der Waals surface area contributed by atoms with E-state index in [0.29, 0.717) is 24.0 Å². The molecule has 0 bridgehead atoms. The van der Waals surface area contributed by atoms with Gasteiger partial charge in [0.05, 0.1) is 11.1 Å². The first kappa shape index (κ1) is 29.2. The van der Waals surface area contributed by atoms with Gasteiger partial charge in [-0.05, 0) is 62.6 Å². The topological polar surface area (TPSA) is 86.8 Å². The number of benzene rings is 3. The Labute approximate surface area is 243 Å². The predicted octanol–water partition coefficient (Wildman–Crippen LogP) is 5.38. The van der Waals surface area contributed by atoms with Gasteiger partial charge in [0.1, 0.15) is 6.04 Å². The molecule has 4 rings (SSSR count). The molecule has 0 radical (unpaired) electrons. The molecule has 1 heterocycles. The minimum atomic E-state index is -0.753. The SMILES string of the molecule is CC(C)(C)NC(=O)C(Cc1ccccc1)N(Cc1ccc(Br)cc1)C(=O)CCCN1C(=O)c2ccccc2C1=O. The van der Waals surface area contributed by atoms with Crippen molar-refractivity contribution >= 4 is 39.6 Å². The Morgan fingerprint density at radius 3 is 2.00 bits per heavy atom. The van der Waals surface area contributed by atoms with Crippen LogP contribution in [0.4, 0.5) is 0 Å². The van der Waals surface area contributed by atoms with Crippen LogP contribution in [0.5, 0.6) is 0 Å². The fourth-order valence-corrected chi connectivity index (χ4v) is 5.03. The molecular weight excluding hydrogens is 570 g/mol. The van der Waals surface area contributed by atoms with Crippen molar-refractivity contribution in [1.82, 2.24) is 15.1 Å². The molecule has 1 atom stereocenters. The fraction of sp³-hybridized carbons (Fsp3) is 0.312. The number of carbonyl (C=O) groups is 4. The van der Waals surface area contributed by atoms with Gasteiger partial charge in [-0.2, -0.15) is 0 Å². The van der Waals surface area contributed by atoms with Crippen molar-refractivity contribution in [2.24, 2.45) is 0 Å². The number of imide groups is 1. The van der Waals surface area contributed by atoms with Crippen LogP contribution >= 0.6 is 15.9 Å². The third-order valence-corrected chi connectivity index (χ3v) is 7.21. The highest BCUT2D eigenvalue weighted by Crippen LogP contribution is 2.24. The zero-order chi connectivity index (χ0) is 28.9. The van der Waals surface area contributed by atoms with Gasteiger partial charge in [0.15, 0.2) is 0 Å². The molecule has 7 nitrogen and oxygen atoms in total. The van der Waals surface area contributed by atoms with Crippen molar-refractivity contribution in [2.75, 3.05) is 6.54 Å². The van der Waals surface area contributed by atoms with E-state index in [9.17, 15) is 19.2 Å². The van der Waals surface area contributed by atoms with Gasteiger partial charge in [0.25, 0.3) is 11.8 Å².